The zero-order valence-electron chi connectivity index (χ0n) is 6.67. The zero-order valence-corrected chi connectivity index (χ0v) is 6.67. The molecule has 11 heavy (non-hydrogen) atoms. The molecule has 2 nitrogen and oxygen atoms in total. The highest BCUT2D eigenvalue weighted by Gasteiger charge is 2.40. The lowest BCUT2D eigenvalue weighted by atomic mass is 10.1. The molecule has 0 amide bonds. The van der Waals surface area contributed by atoms with Gasteiger partial charge in [-0.05, 0) is 12.3 Å². The van der Waals surface area contributed by atoms with E-state index in [9.17, 15) is 4.79 Å². The summed E-state index contributed by atoms with van der Waals surface area (Å²) in [5, 5.41) is 0. The molecule has 1 saturated carbocycles. The number of Topliss-reactive ketones (excluding diaryl/α,β-unsaturated/α-hetero) is 1. The molecule has 2 rings (SSSR count). The molecule has 1 aliphatic carbocycles. The lowest BCUT2D eigenvalue weighted by Crippen LogP contribution is -2.04. The van der Waals surface area contributed by atoms with E-state index in [1.807, 2.05) is 0 Å². The van der Waals surface area contributed by atoms with Crippen molar-refractivity contribution < 1.29 is 9.53 Å². The fourth-order valence-corrected chi connectivity index (χ4v) is 1.49. The van der Waals surface area contributed by atoms with Crippen LogP contribution in [0.5, 0.6) is 0 Å². The second-order valence-corrected chi connectivity index (χ2v) is 3.45. The third-order valence-corrected chi connectivity index (χ3v) is 2.48. The van der Waals surface area contributed by atoms with Crippen molar-refractivity contribution in [3.8, 4) is 0 Å². The van der Waals surface area contributed by atoms with Gasteiger partial charge in [0.05, 0.1) is 12.9 Å². The van der Waals surface area contributed by atoms with E-state index in [0.717, 1.165) is 18.4 Å². The molecule has 0 spiro atoms. The van der Waals surface area contributed by atoms with Crippen LogP contribution >= 0.6 is 0 Å². The zero-order chi connectivity index (χ0) is 7.84. The van der Waals surface area contributed by atoms with Crippen LogP contribution in [0.25, 0.3) is 0 Å². The van der Waals surface area contributed by atoms with Gasteiger partial charge in [0.25, 0.3) is 0 Å². The van der Waals surface area contributed by atoms with Crippen molar-refractivity contribution in [3.05, 3.63) is 11.8 Å². The van der Waals surface area contributed by atoms with Gasteiger partial charge in [-0.15, -0.1) is 0 Å². The first-order valence-corrected chi connectivity index (χ1v) is 4.14. The van der Waals surface area contributed by atoms with Gasteiger partial charge in [-0.25, -0.2) is 0 Å². The van der Waals surface area contributed by atoms with E-state index in [1.54, 1.807) is 6.26 Å². The van der Waals surface area contributed by atoms with Crippen molar-refractivity contribution in [2.75, 3.05) is 6.61 Å². The van der Waals surface area contributed by atoms with Gasteiger partial charge < -0.3 is 4.74 Å². The topological polar surface area (TPSA) is 26.3 Å². The van der Waals surface area contributed by atoms with Crippen LogP contribution in [-0.4, -0.2) is 12.4 Å². The smallest absolute Gasteiger partial charge is 0.165 e. The third-order valence-electron chi connectivity index (χ3n) is 2.48. The summed E-state index contributed by atoms with van der Waals surface area (Å²) in [6, 6.07) is 0. The molecule has 1 aliphatic heterocycles. The van der Waals surface area contributed by atoms with E-state index >= 15 is 0 Å². The Balaban J connectivity index is 1.99. The molecule has 0 N–H and O–H groups in total. The number of carbonyl (C=O) groups is 1. The van der Waals surface area contributed by atoms with E-state index in [1.165, 1.54) is 0 Å². The highest BCUT2D eigenvalue weighted by atomic mass is 16.5. The monoisotopic (exact) mass is 152 g/mol. The van der Waals surface area contributed by atoms with Gasteiger partial charge in [0.15, 0.2) is 5.78 Å². The second-order valence-electron chi connectivity index (χ2n) is 3.45. The summed E-state index contributed by atoms with van der Waals surface area (Å²) >= 11 is 0. The average molecular weight is 152 g/mol. The number of hydrogen-bond donors (Lipinski definition) is 0. The van der Waals surface area contributed by atoms with Crippen LogP contribution in [0.4, 0.5) is 0 Å². The Hall–Kier alpha value is -0.790. The maximum absolute atomic E-state index is 11.5. The summed E-state index contributed by atoms with van der Waals surface area (Å²) < 4.78 is 5.01. The van der Waals surface area contributed by atoms with Gasteiger partial charge in [-0.1, -0.05) is 6.92 Å². The molecule has 0 aromatic rings. The highest BCUT2D eigenvalue weighted by molar-refractivity contribution is 5.98. The fourth-order valence-electron chi connectivity index (χ4n) is 1.49. The molecule has 2 unspecified atom stereocenters. The van der Waals surface area contributed by atoms with Crippen LogP contribution in [0.15, 0.2) is 11.8 Å². The first kappa shape index (κ1) is 6.89. The van der Waals surface area contributed by atoms with Crippen molar-refractivity contribution >= 4 is 5.78 Å². The Labute approximate surface area is 66.2 Å². The predicted octanol–water partition coefficient (Wildman–Crippen LogP) is 1.52. The molecule has 1 fully saturated rings. The Morgan fingerprint density at radius 2 is 2.45 bits per heavy atom. The third kappa shape index (κ3) is 1.17. The molecule has 0 bridgehead atoms. The minimum atomic E-state index is 0.322. The number of ether oxygens (including phenoxy) is 1. The Morgan fingerprint density at radius 1 is 1.73 bits per heavy atom. The Morgan fingerprint density at radius 3 is 2.91 bits per heavy atom. The van der Waals surface area contributed by atoms with Gasteiger partial charge >= 0.3 is 0 Å². The highest BCUT2D eigenvalue weighted by Crippen LogP contribution is 2.40. The minimum absolute atomic E-state index is 0.322. The number of carbonyl (C=O) groups excluding carboxylic acids is 1. The van der Waals surface area contributed by atoms with Gasteiger partial charge in [-0.3, -0.25) is 4.79 Å². The van der Waals surface area contributed by atoms with E-state index in [0.29, 0.717) is 24.2 Å². The quantitative estimate of drug-likeness (QED) is 0.599. The lowest BCUT2D eigenvalue weighted by Gasteiger charge is -1.94. The summed E-state index contributed by atoms with van der Waals surface area (Å²) in [6.45, 7) is 2.82. The molecule has 2 aliphatic rings. The summed E-state index contributed by atoms with van der Waals surface area (Å²) in [7, 11) is 0. The normalized spacial score (nSPS) is 34.5. The molecule has 0 aromatic heterocycles. The number of ketones is 1. The van der Waals surface area contributed by atoms with Crippen molar-refractivity contribution in [1.29, 1.82) is 0 Å². The largest absolute Gasteiger partial charge is 0.500 e. The molecule has 60 valence electrons. The van der Waals surface area contributed by atoms with Crippen LogP contribution in [0.1, 0.15) is 19.8 Å². The molecule has 1 heterocycles. The molecular weight excluding hydrogens is 140 g/mol. The van der Waals surface area contributed by atoms with Gasteiger partial charge in [0.2, 0.25) is 0 Å². The first-order chi connectivity index (χ1) is 5.29. The van der Waals surface area contributed by atoms with Crippen molar-refractivity contribution in [2.24, 2.45) is 11.8 Å². The number of hydrogen-bond acceptors (Lipinski definition) is 2. The standard InChI is InChI=1S/C9H12O2/c1-6-4-8(6)9(10)7-2-3-11-5-7/h5-6,8H,2-4H2,1H3. The van der Waals surface area contributed by atoms with Crippen LogP contribution in [0.3, 0.4) is 0 Å². The number of rotatable bonds is 2. The lowest BCUT2D eigenvalue weighted by molar-refractivity contribution is -0.117. The summed E-state index contributed by atoms with van der Waals surface area (Å²) in [6.07, 6.45) is 3.53. The molecular formula is C9H12O2. The van der Waals surface area contributed by atoms with Gasteiger partial charge in [0.1, 0.15) is 0 Å². The van der Waals surface area contributed by atoms with Crippen molar-refractivity contribution in [3.63, 3.8) is 0 Å². The Bertz CT molecular complexity index is 218. The van der Waals surface area contributed by atoms with Crippen LogP contribution < -0.4 is 0 Å². The Kier molecular flexibility index (Phi) is 1.48. The van der Waals surface area contributed by atoms with Gasteiger partial charge in [0, 0.05) is 17.9 Å². The van der Waals surface area contributed by atoms with E-state index < -0.39 is 0 Å². The molecule has 0 radical (unpaired) electrons. The average Bonchev–Trinajstić information content (AvgIpc) is 2.56. The summed E-state index contributed by atoms with van der Waals surface area (Å²) in [5.74, 6) is 1.27. The second kappa shape index (κ2) is 2.36. The fraction of sp³-hybridized carbons (Fsp3) is 0.667. The maximum Gasteiger partial charge on any atom is 0.165 e. The van der Waals surface area contributed by atoms with Crippen LogP contribution in [-0.2, 0) is 9.53 Å². The maximum atomic E-state index is 11.5. The first-order valence-electron chi connectivity index (χ1n) is 4.14. The van der Waals surface area contributed by atoms with Crippen molar-refractivity contribution in [2.45, 2.75) is 19.8 Å². The van der Waals surface area contributed by atoms with Crippen molar-refractivity contribution in [1.82, 2.24) is 0 Å². The van der Waals surface area contributed by atoms with Crippen LogP contribution in [0.2, 0.25) is 0 Å². The minimum Gasteiger partial charge on any atom is -0.500 e. The molecule has 2 atom stereocenters. The summed E-state index contributed by atoms with van der Waals surface area (Å²) in [4.78, 5) is 11.5. The molecule has 2 heteroatoms. The predicted molar refractivity (Wildman–Crippen MR) is 40.9 cm³/mol. The molecule has 0 aromatic carbocycles. The van der Waals surface area contributed by atoms with E-state index in [-0.39, 0.29) is 0 Å². The van der Waals surface area contributed by atoms with Gasteiger partial charge in [-0.2, -0.15) is 0 Å². The SMILES string of the molecule is CC1CC1C(=O)C1=COCC1. The van der Waals surface area contributed by atoms with Crippen LogP contribution in [0, 0.1) is 11.8 Å². The van der Waals surface area contributed by atoms with E-state index in [2.05, 4.69) is 6.92 Å². The molecule has 0 saturated heterocycles. The summed E-state index contributed by atoms with van der Waals surface area (Å²) in [5.41, 5.74) is 0.902. The van der Waals surface area contributed by atoms with E-state index in [4.69, 9.17) is 4.74 Å².